The predicted molar refractivity (Wildman–Crippen MR) is 218 cm³/mol. The first-order chi connectivity index (χ1) is 24.9. The molecule has 308 valence electrons. The van der Waals surface area contributed by atoms with Gasteiger partial charge in [0.15, 0.2) is 0 Å². The second-order valence-electron chi connectivity index (χ2n) is 15.9. The normalized spacial score (nSPS) is 15.3. The summed E-state index contributed by atoms with van der Waals surface area (Å²) in [5, 5.41) is 24.6. The molecule has 0 rings (SSSR count). The molecular weight excluding hydrogens is 675 g/mol. The van der Waals surface area contributed by atoms with E-state index in [9.17, 15) is 24.5 Å². The zero-order chi connectivity index (χ0) is 38.8. The Hall–Kier alpha value is -1.06. The van der Waals surface area contributed by atoms with E-state index in [1.807, 2.05) is 21.1 Å². The van der Waals surface area contributed by atoms with E-state index in [-0.39, 0.29) is 18.9 Å². The molecular formula is C42H84N2O7P+. The van der Waals surface area contributed by atoms with Gasteiger partial charge in [0.25, 0.3) is 0 Å². The number of aliphatic hydroxyl groups excluding tert-OH is 2. The maximum absolute atomic E-state index is 12.9. The Labute approximate surface area is 320 Å². The minimum Gasteiger partial charge on any atom is -0.390 e. The Balaban J connectivity index is 4.57. The van der Waals surface area contributed by atoms with Crippen molar-refractivity contribution in [3.05, 3.63) is 24.3 Å². The lowest BCUT2D eigenvalue weighted by atomic mass is 9.99. The van der Waals surface area contributed by atoms with Crippen LogP contribution in [0.5, 0.6) is 0 Å². The molecule has 1 amide bonds. The molecule has 0 fully saturated rings. The number of amides is 1. The van der Waals surface area contributed by atoms with E-state index in [1.54, 1.807) is 0 Å². The topological polar surface area (TPSA) is 125 Å². The van der Waals surface area contributed by atoms with Crippen molar-refractivity contribution in [1.82, 2.24) is 5.32 Å². The van der Waals surface area contributed by atoms with Crippen molar-refractivity contribution in [3.63, 3.8) is 0 Å². The third-order valence-electron chi connectivity index (χ3n) is 9.54. The van der Waals surface area contributed by atoms with Crippen LogP contribution in [0, 0.1) is 0 Å². The van der Waals surface area contributed by atoms with Gasteiger partial charge in [-0.25, -0.2) is 4.57 Å². The first-order valence-electron chi connectivity index (χ1n) is 21.3. The van der Waals surface area contributed by atoms with Gasteiger partial charge >= 0.3 is 7.82 Å². The molecule has 0 aromatic heterocycles. The highest BCUT2D eigenvalue weighted by Crippen LogP contribution is 2.43. The number of likely N-dealkylation sites (N-methyl/N-ethyl adjacent to an activating group) is 1. The van der Waals surface area contributed by atoms with Gasteiger partial charge in [-0.1, -0.05) is 154 Å². The molecule has 10 heteroatoms. The Morgan fingerprint density at radius 2 is 1.13 bits per heavy atom. The highest BCUT2D eigenvalue weighted by Gasteiger charge is 2.31. The Kier molecular flexibility index (Phi) is 33.7. The number of allylic oxidation sites excluding steroid dienone is 4. The number of phosphoric ester groups is 1. The third kappa shape index (κ3) is 34.7. The van der Waals surface area contributed by atoms with Gasteiger partial charge in [-0.15, -0.1) is 0 Å². The van der Waals surface area contributed by atoms with Crippen molar-refractivity contribution in [3.8, 4) is 0 Å². The highest BCUT2D eigenvalue weighted by molar-refractivity contribution is 7.47. The smallest absolute Gasteiger partial charge is 0.390 e. The summed E-state index contributed by atoms with van der Waals surface area (Å²) in [6, 6.07) is -1.04. The molecule has 0 heterocycles. The second kappa shape index (κ2) is 34.4. The zero-order valence-electron chi connectivity index (χ0n) is 34.4. The molecule has 0 aromatic rings. The van der Waals surface area contributed by atoms with Crippen LogP contribution in [0.25, 0.3) is 0 Å². The average molecular weight is 760 g/mol. The van der Waals surface area contributed by atoms with Gasteiger partial charge in [0.05, 0.1) is 39.9 Å². The molecule has 0 saturated heterocycles. The fourth-order valence-corrected chi connectivity index (χ4v) is 6.79. The quantitative estimate of drug-likeness (QED) is 0.0214. The molecule has 0 bridgehead atoms. The van der Waals surface area contributed by atoms with Crippen LogP contribution in [-0.4, -0.2) is 84.6 Å². The number of phosphoric acid groups is 1. The lowest BCUT2D eigenvalue weighted by Gasteiger charge is -2.28. The zero-order valence-corrected chi connectivity index (χ0v) is 35.3. The number of nitrogens with one attached hydrogen (secondary N) is 1. The van der Waals surface area contributed by atoms with E-state index in [0.717, 1.165) is 57.8 Å². The summed E-state index contributed by atoms with van der Waals surface area (Å²) in [5.74, 6) is -0.273. The fourth-order valence-electron chi connectivity index (χ4n) is 6.05. The Morgan fingerprint density at radius 3 is 1.65 bits per heavy atom. The molecule has 0 aromatic carbocycles. The van der Waals surface area contributed by atoms with Crippen LogP contribution in [0.1, 0.15) is 181 Å². The van der Waals surface area contributed by atoms with Crippen molar-refractivity contribution < 1.29 is 38.0 Å². The molecule has 0 saturated carbocycles. The number of hydrogen-bond acceptors (Lipinski definition) is 6. The van der Waals surface area contributed by atoms with Crippen LogP contribution in [0.4, 0.5) is 0 Å². The van der Waals surface area contributed by atoms with Gasteiger partial charge in [0.1, 0.15) is 19.3 Å². The number of unbranched alkanes of at least 4 members (excludes halogenated alkanes) is 20. The summed E-state index contributed by atoms with van der Waals surface area (Å²) >= 11 is 0. The fraction of sp³-hybridized carbons (Fsp3) is 0.881. The van der Waals surface area contributed by atoms with Crippen LogP contribution < -0.4 is 5.32 Å². The Morgan fingerprint density at radius 1 is 0.673 bits per heavy atom. The van der Waals surface area contributed by atoms with Crippen molar-refractivity contribution >= 4 is 13.7 Å². The minimum absolute atomic E-state index is 0.0192. The molecule has 0 aliphatic rings. The van der Waals surface area contributed by atoms with Crippen molar-refractivity contribution in [1.29, 1.82) is 0 Å². The minimum atomic E-state index is -4.41. The molecule has 9 nitrogen and oxygen atoms in total. The van der Waals surface area contributed by atoms with E-state index in [1.165, 1.54) is 89.9 Å². The first kappa shape index (κ1) is 50.9. The van der Waals surface area contributed by atoms with Gasteiger partial charge in [0.2, 0.25) is 5.91 Å². The number of rotatable bonds is 38. The van der Waals surface area contributed by atoms with Crippen LogP contribution in [-0.2, 0) is 18.4 Å². The van der Waals surface area contributed by atoms with Crippen LogP contribution >= 0.6 is 7.82 Å². The summed E-state index contributed by atoms with van der Waals surface area (Å²) in [5.41, 5.74) is 0. The van der Waals surface area contributed by atoms with E-state index >= 15 is 0 Å². The summed E-state index contributed by atoms with van der Waals surface area (Å²) < 4.78 is 23.5. The van der Waals surface area contributed by atoms with E-state index in [4.69, 9.17) is 9.05 Å². The summed E-state index contributed by atoms with van der Waals surface area (Å²) in [6.45, 7) is 4.56. The molecule has 0 spiro atoms. The largest absolute Gasteiger partial charge is 0.472 e. The number of nitrogens with zero attached hydrogens (tertiary/aromatic N) is 1. The van der Waals surface area contributed by atoms with Crippen LogP contribution in [0.15, 0.2) is 24.3 Å². The van der Waals surface area contributed by atoms with Crippen molar-refractivity contribution in [2.75, 3.05) is 40.9 Å². The predicted octanol–water partition coefficient (Wildman–Crippen LogP) is 10.3. The van der Waals surface area contributed by atoms with Crippen molar-refractivity contribution in [2.24, 2.45) is 0 Å². The van der Waals surface area contributed by atoms with E-state index < -0.39 is 32.7 Å². The molecule has 0 radical (unpaired) electrons. The van der Waals surface area contributed by atoms with Gasteiger partial charge in [-0.05, 0) is 44.9 Å². The maximum atomic E-state index is 12.9. The summed E-state index contributed by atoms with van der Waals surface area (Å²) in [6.07, 6.45) is 35.1. The molecule has 4 unspecified atom stereocenters. The number of carbonyl (C=O) groups is 1. The lowest BCUT2D eigenvalue weighted by molar-refractivity contribution is -0.870. The maximum Gasteiger partial charge on any atom is 0.472 e. The van der Waals surface area contributed by atoms with Gasteiger partial charge in [0, 0.05) is 6.42 Å². The standard InChI is InChI=1S/C42H83N2O7P/c1-6-8-10-12-14-16-18-20-21-22-23-25-27-29-31-33-35-41(46)43-39(38-51-52(48,49)50-37-36-44(3,4)5)42(47)40(45)34-32-30-28-26-24-19-17-15-13-11-9-7-2/h16,18,21-22,39-40,42,45,47H,6-15,17,19-20,23-38H2,1-5H3,(H-,43,46,48,49)/p+1/b18-16-,22-21-. The monoisotopic (exact) mass is 760 g/mol. The highest BCUT2D eigenvalue weighted by atomic mass is 31.2. The molecule has 0 aliphatic heterocycles. The molecule has 4 N–H and O–H groups in total. The van der Waals surface area contributed by atoms with E-state index in [2.05, 4.69) is 43.5 Å². The summed E-state index contributed by atoms with van der Waals surface area (Å²) in [4.78, 5) is 23.1. The number of quaternary nitrogens is 1. The van der Waals surface area contributed by atoms with Crippen LogP contribution in [0.2, 0.25) is 0 Å². The summed E-state index contributed by atoms with van der Waals surface area (Å²) in [7, 11) is 1.42. The average Bonchev–Trinajstić information content (AvgIpc) is 3.09. The lowest BCUT2D eigenvalue weighted by Crippen LogP contribution is -2.51. The second-order valence-corrected chi connectivity index (χ2v) is 17.3. The van der Waals surface area contributed by atoms with Crippen LogP contribution in [0.3, 0.4) is 0 Å². The Bertz CT molecular complexity index is 924. The van der Waals surface area contributed by atoms with Crippen molar-refractivity contribution in [2.45, 2.75) is 199 Å². The van der Waals surface area contributed by atoms with Gasteiger partial charge in [-0.2, -0.15) is 0 Å². The van der Waals surface area contributed by atoms with Gasteiger partial charge < -0.3 is 24.9 Å². The number of aliphatic hydroxyl groups is 2. The molecule has 4 atom stereocenters. The first-order valence-corrected chi connectivity index (χ1v) is 22.8. The van der Waals surface area contributed by atoms with Gasteiger partial charge in [-0.3, -0.25) is 13.8 Å². The number of carbonyl (C=O) groups excluding carboxylic acids is 1. The molecule has 0 aliphatic carbocycles. The number of hydrogen-bond donors (Lipinski definition) is 4. The molecule has 52 heavy (non-hydrogen) atoms. The third-order valence-corrected chi connectivity index (χ3v) is 10.5. The SMILES string of the molecule is CCCCCC/C=C\C/C=C\CCCCCCCC(=O)NC(COP(=O)(O)OCC[N+](C)(C)C)C(O)C(O)CCCCCCCCCCCCCC. The van der Waals surface area contributed by atoms with E-state index in [0.29, 0.717) is 23.9 Å².